The van der Waals surface area contributed by atoms with Crippen molar-refractivity contribution in [2.45, 2.75) is 31.8 Å². The second-order valence-corrected chi connectivity index (χ2v) is 4.99. The number of nitrogens with two attached hydrogens (primary N) is 1. The number of hydrogen-bond donors (Lipinski definition) is 4. The van der Waals surface area contributed by atoms with Crippen molar-refractivity contribution < 1.29 is 34.5 Å². The molecule has 1 saturated carbocycles. The second kappa shape index (κ2) is 11.8. The van der Waals surface area contributed by atoms with Gasteiger partial charge in [-0.3, -0.25) is 4.79 Å². The van der Waals surface area contributed by atoms with E-state index in [0.717, 1.165) is 12.8 Å². The Morgan fingerprint density at radius 1 is 1.17 bits per heavy atom. The topological polar surface area (TPSA) is 182 Å². The number of nitrogens with one attached hydrogen (secondary N) is 1. The van der Waals surface area contributed by atoms with Crippen molar-refractivity contribution >= 4 is 17.8 Å². The van der Waals surface area contributed by atoms with Gasteiger partial charge in [0.15, 0.2) is 0 Å². The first-order chi connectivity index (χ1) is 11.2. The van der Waals surface area contributed by atoms with Crippen molar-refractivity contribution in [3.63, 3.8) is 0 Å². The van der Waals surface area contributed by atoms with Crippen molar-refractivity contribution in [3.05, 3.63) is 22.3 Å². The molecule has 1 aliphatic carbocycles. The van der Waals surface area contributed by atoms with Crippen molar-refractivity contribution in [2.24, 2.45) is 11.7 Å². The van der Waals surface area contributed by atoms with Crippen LogP contribution in [0.1, 0.15) is 25.7 Å². The van der Waals surface area contributed by atoms with Crippen molar-refractivity contribution in [2.75, 3.05) is 13.1 Å². The lowest BCUT2D eigenvalue weighted by Crippen LogP contribution is -2.36. The molecule has 11 heteroatoms. The van der Waals surface area contributed by atoms with Crippen LogP contribution in [0.2, 0.25) is 0 Å². The highest BCUT2D eigenvalue weighted by Crippen LogP contribution is 2.25. The van der Waals surface area contributed by atoms with Gasteiger partial charge in [-0.2, -0.15) is 0 Å². The first-order valence-electron chi connectivity index (χ1n) is 7.16. The van der Waals surface area contributed by atoms with Gasteiger partial charge in [-0.15, -0.1) is 10.1 Å². The molecule has 1 rings (SSSR count). The Morgan fingerprint density at radius 2 is 1.67 bits per heavy atom. The van der Waals surface area contributed by atoms with Crippen molar-refractivity contribution in [1.82, 2.24) is 5.32 Å². The Balaban J connectivity index is 0.000000561. The van der Waals surface area contributed by atoms with Crippen LogP contribution in [-0.2, 0) is 19.2 Å². The van der Waals surface area contributed by atoms with Crippen LogP contribution >= 0.6 is 0 Å². The molecule has 0 aromatic carbocycles. The molecule has 0 atom stereocenters. The number of rotatable bonds is 7. The SMILES string of the molecule is NCC(=O)NCC1CCC(O[N+](=O)[O-])CC1.O=C(O)C=CC(=O)O. The maximum Gasteiger partial charge on any atom is 0.328 e. The van der Waals surface area contributed by atoms with E-state index in [-0.39, 0.29) is 18.6 Å². The van der Waals surface area contributed by atoms with Crippen LogP contribution in [-0.4, -0.2) is 52.3 Å². The van der Waals surface area contributed by atoms with E-state index in [1.807, 2.05) is 0 Å². The van der Waals surface area contributed by atoms with Gasteiger partial charge in [-0.05, 0) is 31.6 Å². The van der Waals surface area contributed by atoms with Gasteiger partial charge in [0.25, 0.3) is 5.09 Å². The average molecular weight is 347 g/mol. The molecule has 0 aliphatic heterocycles. The molecule has 136 valence electrons. The average Bonchev–Trinajstić information content (AvgIpc) is 2.52. The third-order valence-electron chi connectivity index (χ3n) is 3.17. The largest absolute Gasteiger partial charge is 0.478 e. The lowest BCUT2D eigenvalue weighted by atomic mass is 9.87. The molecule has 0 saturated heterocycles. The highest BCUT2D eigenvalue weighted by atomic mass is 17.0. The summed E-state index contributed by atoms with van der Waals surface area (Å²) in [5.74, 6) is -2.30. The van der Waals surface area contributed by atoms with Crippen LogP contribution < -0.4 is 11.1 Å². The number of aliphatic carboxylic acids is 2. The number of carbonyl (C=O) groups excluding carboxylic acids is 1. The first-order valence-corrected chi connectivity index (χ1v) is 7.16. The van der Waals surface area contributed by atoms with Gasteiger partial charge in [-0.25, -0.2) is 9.59 Å². The Morgan fingerprint density at radius 3 is 2.04 bits per heavy atom. The molecule has 0 heterocycles. The molecule has 0 unspecified atom stereocenters. The van der Waals surface area contributed by atoms with E-state index >= 15 is 0 Å². The van der Waals surface area contributed by atoms with Gasteiger partial charge in [-0.1, -0.05) is 0 Å². The zero-order valence-electron chi connectivity index (χ0n) is 12.9. The monoisotopic (exact) mass is 347 g/mol. The maximum atomic E-state index is 10.9. The summed E-state index contributed by atoms with van der Waals surface area (Å²) >= 11 is 0. The minimum absolute atomic E-state index is 0.000219. The third-order valence-corrected chi connectivity index (χ3v) is 3.17. The van der Waals surface area contributed by atoms with E-state index in [1.54, 1.807) is 0 Å². The minimum Gasteiger partial charge on any atom is -0.478 e. The standard InChI is InChI=1S/C9H17N3O4.C4H4O4/c10-5-9(13)11-6-7-1-3-8(4-2-7)16-12(14)15;5-3(6)1-2-4(7)8/h7-8H,1-6,10H2,(H,11,13);1-2H,(H,5,6)(H,7,8). The molecule has 0 spiro atoms. The second-order valence-electron chi connectivity index (χ2n) is 4.99. The smallest absolute Gasteiger partial charge is 0.328 e. The fourth-order valence-corrected chi connectivity index (χ4v) is 2.04. The number of carboxylic acids is 2. The molecule has 0 aromatic heterocycles. The van der Waals surface area contributed by atoms with E-state index < -0.39 is 17.0 Å². The summed E-state index contributed by atoms with van der Waals surface area (Å²) in [5.41, 5.74) is 5.16. The highest BCUT2D eigenvalue weighted by molar-refractivity contribution is 5.89. The highest BCUT2D eigenvalue weighted by Gasteiger charge is 2.23. The fourth-order valence-electron chi connectivity index (χ4n) is 2.04. The predicted octanol–water partition coefficient (Wildman–Crippen LogP) is -0.460. The van der Waals surface area contributed by atoms with E-state index in [2.05, 4.69) is 10.2 Å². The van der Waals surface area contributed by atoms with Crippen LogP contribution in [0.15, 0.2) is 12.2 Å². The fraction of sp³-hybridized carbons (Fsp3) is 0.615. The van der Waals surface area contributed by atoms with E-state index in [4.69, 9.17) is 15.9 Å². The van der Waals surface area contributed by atoms with E-state index in [9.17, 15) is 24.5 Å². The van der Waals surface area contributed by atoms with Crippen molar-refractivity contribution in [3.8, 4) is 0 Å². The van der Waals surface area contributed by atoms with Gasteiger partial charge >= 0.3 is 11.9 Å². The quantitative estimate of drug-likeness (QED) is 0.269. The Kier molecular flexibility index (Phi) is 10.5. The Hall–Kier alpha value is -2.69. The molecule has 11 nitrogen and oxygen atoms in total. The van der Waals surface area contributed by atoms with Gasteiger partial charge in [0.2, 0.25) is 5.91 Å². The summed E-state index contributed by atoms with van der Waals surface area (Å²) in [6, 6.07) is 0. The van der Waals surface area contributed by atoms with Crippen LogP contribution in [0, 0.1) is 16.0 Å². The van der Waals surface area contributed by atoms with Crippen LogP contribution in [0.25, 0.3) is 0 Å². The summed E-state index contributed by atoms with van der Waals surface area (Å²) in [4.78, 5) is 44.6. The lowest BCUT2D eigenvalue weighted by Gasteiger charge is -2.26. The van der Waals surface area contributed by atoms with Gasteiger partial charge < -0.3 is 26.1 Å². The van der Waals surface area contributed by atoms with Crippen LogP contribution in [0.3, 0.4) is 0 Å². The van der Waals surface area contributed by atoms with Crippen LogP contribution in [0.4, 0.5) is 0 Å². The zero-order valence-corrected chi connectivity index (χ0v) is 12.9. The third kappa shape index (κ3) is 11.9. The molecule has 1 aliphatic rings. The number of amides is 1. The molecular formula is C13H21N3O8. The van der Waals surface area contributed by atoms with Crippen molar-refractivity contribution in [1.29, 1.82) is 0 Å². The summed E-state index contributed by atoms with van der Waals surface area (Å²) in [5, 5.41) is 27.7. The molecule has 1 amide bonds. The lowest BCUT2D eigenvalue weighted by molar-refractivity contribution is -0.769. The van der Waals surface area contributed by atoms with E-state index in [0.29, 0.717) is 37.5 Å². The summed E-state index contributed by atoms with van der Waals surface area (Å²) in [6.45, 7) is 0.598. The molecule has 0 aromatic rings. The Labute approximate surface area is 137 Å². The van der Waals surface area contributed by atoms with E-state index in [1.165, 1.54) is 0 Å². The number of nitrogens with zero attached hydrogens (tertiary/aromatic N) is 1. The van der Waals surface area contributed by atoms with Gasteiger partial charge in [0, 0.05) is 18.7 Å². The van der Waals surface area contributed by atoms with Crippen LogP contribution in [0.5, 0.6) is 0 Å². The molecule has 1 fully saturated rings. The predicted molar refractivity (Wildman–Crippen MR) is 80.3 cm³/mol. The number of carboxylic acid groups (broad SMARTS) is 2. The first kappa shape index (κ1) is 21.3. The maximum absolute atomic E-state index is 10.9. The zero-order chi connectivity index (χ0) is 18.5. The molecule has 5 N–H and O–H groups in total. The normalized spacial score (nSPS) is 19.7. The summed E-state index contributed by atoms with van der Waals surface area (Å²) < 4.78 is 0. The summed E-state index contributed by atoms with van der Waals surface area (Å²) in [7, 11) is 0. The van der Waals surface area contributed by atoms with Gasteiger partial charge in [0.1, 0.15) is 6.10 Å². The number of hydrogen-bond acceptors (Lipinski definition) is 7. The van der Waals surface area contributed by atoms with Gasteiger partial charge in [0.05, 0.1) is 6.54 Å². The Bertz CT molecular complexity index is 456. The molecule has 0 radical (unpaired) electrons. The summed E-state index contributed by atoms with van der Waals surface area (Å²) in [6.07, 6.45) is 3.85. The molecule has 0 bridgehead atoms. The molecular weight excluding hydrogens is 326 g/mol. The molecule has 24 heavy (non-hydrogen) atoms. The number of carbonyl (C=O) groups is 3. The minimum atomic E-state index is -1.26.